The summed E-state index contributed by atoms with van der Waals surface area (Å²) in [6.45, 7) is 1.36. The zero-order valence-electron chi connectivity index (χ0n) is 16.4. The summed E-state index contributed by atoms with van der Waals surface area (Å²) in [5.41, 5.74) is 1.34. The number of rotatable bonds is 9. The van der Waals surface area contributed by atoms with E-state index in [-0.39, 0.29) is 13.2 Å². The van der Waals surface area contributed by atoms with Crippen LogP contribution in [0.25, 0.3) is 6.08 Å². The number of carbonyl (C=O) groups is 2. The van der Waals surface area contributed by atoms with Crippen molar-refractivity contribution in [2.75, 3.05) is 19.7 Å². The van der Waals surface area contributed by atoms with E-state index < -0.39 is 31.1 Å². The number of alkyl halides is 3. The van der Waals surface area contributed by atoms with Crippen LogP contribution in [0.2, 0.25) is 0 Å². The van der Waals surface area contributed by atoms with E-state index in [1.807, 2.05) is 12.3 Å². The highest BCUT2D eigenvalue weighted by Crippen LogP contribution is 2.19. The number of nitrogens with zero attached hydrogens (tertiary/aromatic N) is 2. The molecule has 6 nitrogen and oxygen atoms in total. The number of esters is 1. The van der Waals surface area contributed by atoms with Crippen molar-refractivity contribution in [3.8, 4) is 5.75 Å². The monoisotopic (exact) mass is 442 g/mol. The van der Waals surface area contributed by atoms with E-state index in [1.165, 1.54) is 24.3 Å². The van der Waals surface area contributed by atoms with Crippen LogP contribution in [0.4, 0.5) is 13.2 Å². The molecule has 1 heterocycles. The average molecular weight is 442 g/mol. The third-order valence-corrected chi connectivity index (χ3v) is 4.46. The molecular formula is C20H21F3N2O4S. The molecule has 1 amide bonds. The number of thiazole rings is 1. The van der Waals surface area contributed by atoms with Gasteiger partial charge in [0.05, 0.1) is 17.3 Å². The standard InChI is InChI=1S/C20H21F3N2O4S/c1-3-28-19(27)10-25(13-20(21,22)23)18(26)8-7-15-5-4-6-17(9-15)29-11-16-12-30-14(2)24-16/h4-9,12H,3,10-11,13H2,1-2H3/b8-7+. The summed E-state index contributed by atoms with van der Waals surface area (Å²) in [5, 5.41) is 2.81. The van der Waals surface area contributed by atoms with Crippen molar-refractivity contribution in [3.63, 3.8) is 0 Å². The maximum Gasteiger partial charge on any atom is 0.406 e. The lowest BCUT2D eigenvalue weighted by molar-refractivity contribution is -0.164. The highest BCUT2D eigenvalue weighted by atomic mass is 32.1. The SMILES string of the molecule is CCOC(=O)CN(CC(F)(F)F)C(=O)/C=C/c1cccc(OCc2csc(C)n2)c1. The quantitative estimate of drug-likeness (QED) is 0.434. The number of hydrogen-bond acceptors (Lipinski definition) is 6. The van der Waals surface area contributed by atoms with E-state index in [0.717, 1.165) is 16.8 Å². The summed E-state index contributed by atoms with van der Waals surface area (Å²) in [6, 6.07) is 6.72. The fourth-order valence-corrected chi connectivity index (χ4v) is 3.00. The molecule has 0 saturated carbocycles. The number of halogens is 3. The van der Waals surface area contributed by atoms with E-state index in [4.69, 9.17) is 4.74 Å². The van der Waals surface area contributed by atoms with Crippen molar-refractivity contribution in [1.82, 2.24) is 9.88 Å². The summed E-state index contributed by atoms with van der Waals surface area (Å²) in [6.07, 6.45) is -2.30. The molecule has 0 aliphatic carbocycles. The molecule has 1 aromatic heterocycles. The van der Waals surface area contributed by atoms with Gasteiger partial charge in [0.15, 0.2) is 0 Å². The van der Waals surface area contributed by atoms with Gasteiger partial charge in [0.2, 0.25) is 5.91 Å². The molecule has 0 unspecified atom stereocenters. The van der Waals surface area contributed by atoms with Gasteiger partial charge in [-0.3, -0.25) is 9.59 Å². The van der Waals surface area contributed by atoms with Crippen molar-refractivity contribution in [3.05, 3.63) is 52.0 Å². The summed E-state index contributed by atoms with van der Waals surface area (Å²) < 4.78 is 48.5. The van der Waals surface area contributed by atoms with Gasteiger partial charge in [0.25, 0.3) is 0 Å². The van der Waals surface area contributed by atoms with Crippen molar-refractivity contribution >= 4 is 29.3 Å². The minimum atomic E-state index is -4.64. The lowest BCUT2D eigenvalue weighted by atomic mass is 10.2. The molecule has 0 radical (unpaired) electrons. The lowest BCUT2D eigenvalue weighted by Crippen LogP contribution is -2.41. The molecule has 2 rings (SSSR count). The van der Waals surface area contributed by atoms with Crippen molar-refractivity contribution in [1.29, 1.82) is 0 Å². The second kappa shape index (κ2) is 10.8. The third kappa shape index (κ3) is 8.24. The molecule has 1 aromatic carbocycles. The molecule has 0 N–H and O–H groups in total. The van der Waals surface area contributed by atoms with E-state index in [1.54, 1.807) is 24.3 Å². The molecule has 2 aromatic rings. The Balaban J connectivity index is 2.03. The van der Waals surface area contributed by atoms with Gasteiger partial charge in [-0.2, -0.15) is 13.2 Å². The van der Waals surface area contributed by atoms with Crippen LogP contribution in [0.3, 0.4) is 0 Å². The van der Waals surface area contributed by atoms with Gasteiger partial charge in [-0.15, -0.1) is 11.3 Å². The predicted octanol–water partition coefficient (Wildman–Crippen LogP) is 4.00. The molecule has 10 heteroatoms. The highest BCUT2D eigenvalue weighted by molar-refractivity contribution is 7.09. The van der Waals surface area contributed by atoms with Crippen LogP contribution in [-0.2, 0) is 20.9 Å². The normalized spacial score (nSPS) is 11.5. The molecule has 30 heavy (non-hydrogen) atoms. The van der Waals surface area contributed by atoms with Gasteiger partial charge in [-0.05, 0) is 37.6 Å². The smallest absolute Gasteiger partial charge is 0.406 e. The van der Waals surface area contributed by atoms with Crippen LogP contribution in [0.5, 0.6) is 5.75 Å². The number of ether oxygens (including phenoxy) is 2. The van der Waals surface area contributed by atoms with Crippen LogP contribution in [0.15, 0.2) is 35.7 Å². The second-order valence-corrected chi connectivity index (χ2v) is 7.23. The van der Waals surface area contributed by atoms with Gasteiger partial charge >= 0.3 is 12.1 Å². The van der Waals surface area contributed by atoms with Crippen LogP contribution in [-0.4, -0.2) is 47.6 Å². The Kier molecular flexibility index (Phi) is 8.40. The zero-order valence-corrected chi connectivity index (χ0v) is 17.3. The van der Waals surface area contributed by atoms with Gasteiger partial charge in [0, 0.05) is 11.5 Å². The fourth-order valence-electron chi connectivity index (χ4n) is 2.40. The number of aryl methyl sites for hydroxylation is 1. The highest BCUT2D eigenvalue weighted by Gasteiger charge is 2.33. The van der Waals surface area contributed by atoms with Gasteiger partial charge in [-0.25, -0.2) is 4.98 Å². The Labute approximate surface area is 175 Å². The van der Waals surface area contributed by atoms with Gasteiger partial charge < -0.3 is 14.4 Å². The number of aromatic nitrogens is 1. The first-order valence-corrected chi connectivity index (χ1v) is 9.87. The first-order chi connectivity index (χ1) is 14.2. The summed E-state index contributed by atoms with van der Waals surface area (Å²) in [7, 11) is 0. The first kappa shape index (κ1) is 23.4. The minimum Gasteiger partial charge on any atom is -0.487 e. The first-order valence-electron chi connectivity index (χ1n) is 8.99. The Morgan fingerprint density at radius 1 is 1.30 bits per heavy atom. The molecule has 0 aliphatic rings. The average Bonchev–Trinajstić information content (AvgIpc) is 3.08. The molecule has 0 bridgehead atoms. The van der Waals surface area contributed by atoms with E-state index in [0.29, 0.717) is 16.2 Å². The molecular weight excluding hydrogens is 421 g/mol. The molecule has 0 aliphatic heterocycles. The predicted molar refractivity (Wildman–Crippen MR) is 106 cm³/mol. The lowest BCUT2D eigenvalue weighted by Gasteiger charge is -2.21. The van der Waals surface area contributed by atoms with Crippen LogP contribution in [0.1, 0.15) is 23.2 Å². The van der Waals surface area contributed by atoms with Crippen LogP contribution in [0, 0.1) is 6.92 Å². The largest absolute Gasteiger partial charge is 0.487 e. The van der Waals surface area contributed by atoms with E-state index in [2.05, 4.69) is 9.72 Å². The Hall–Kier alpha value is -2.88. The molecule has 0 saturated heterocycles. The zero-order chi connectivity index (χ0) is 22.1. The summed E-state index contributed by atoms with van der Waals surface area (Å²) in [5.74, 6) is -1.34. The van der Waals surface area contributed by atoms with Crippen LogP contribution < -0.4 is 4.74 Å². The molecule has 0 fully saturated rings. The Morgan fingerprint density at radius 3 is 2.70 bits per heavy atom. The number of hydrogen-bond donors (Lipinski definition) is 0. The fraction of sp³-hybridized carbons (Fsp3) is 0.350. The second-order valence-electron chi connectivity index (χ2n) is 6.17. The van der Waals surface area contributed by atoms with Gasteiger partial charge in [-0.1, -0.05) is 12.1 Å². The Bertz CT molecular complexity index is 896. The van der Waals surface area contributed by atoms with Crippen LogP contribution >= 0.6 is 11.3 Å². The van der Waals surface area contributed by atoms with E-state index >= 15 is 0 Å². The van der Waals surface area contributed by atoms with Crippen molar-refractivity contribution in [2.45, 2.75) is 26.6 Å². The number of benzene rings is 1. The topological polar surface area (TPSA) is 68.7 Å². The minimum absolute atomic E-state index is 0.00990. The van der Waals surface area contributed by atoms with Crippen molar-refractivity contribution < 1.29 is 32.2 Å². The summed E-state index contributed by atoms with van der Waals surface area (Å²) >= 11 is 1.51. The Morgan fingerprint density at radius 2 is 2.07 bits per heavy atom. The molecule has 0 atom stereocenters. The maximum atomic E-state index is 12.8. The summed E-state index contributed by atoms with van der Waals surface area (Å²) in [4.78, 5) is 28.4. The van der Waals surface area contributed by atoms with E-state index in [9.17, 15) is 22.8 Å². The van der Waals surface area contributed by atoms with Crippen molar-refractivity contribution in [2.24, 2.45) is 0 Å². The molecule has 0 spiro atoms. The number of amides is 1. The number of carbonyl (C=O) groups excluding carboxylic acids is 2. The molecule has 162 valence electrons. The maximum absolute atomic E-state index is 12.8. The van der Waals surface area contributed by atoms with Gasteiger partial charge in [0.1, 0.15) is 25.4 Å². The third-order valence-electron chi connectivity index (χ3n) is 3.64.